The molecule has 110 valence electrons. The summed E-state index contributed by atoms with van der Waals surface area (Å²) in [5.74, 6) is 0.812. The van der Waals surface area contributed by atoms with E-state index in [1.54, 1.807) is 7.11 Å². The summed E-state index contributed by atoms with van der Waals surface area (Å²) in [5, 5.41) is 0. The number of rotatable bonds is 5. The molecular weight excluding hydrogens is 252 g/mol. The topological polar surface area (TPSA) is 35.5 Å². The van der Waals surface area contributed by atoms with E-state index >= 15 is 0 Å². The molecule has 0 aliphatic carbocycles. The van der Waals surface area contributed by atoms with E-state index in [0.29, 0.717) is 17.9 Å². The highest BCUT2D eigenvalue weighted by atomic mass is 16.6. The molecule has 20 heavy (non-hydrogen) atoms. The number of hydrogen-bond acceptors (Lipinski definition) is 3. The summed E-state index contributed by atoms with van der Waals surface area (Å²) in [5.41, 5.74) is 1.10. The Bertz CT molecular complexity index is 481. The highest BCUT2D eigenvalue weighted by Crippen LogP contribution is 2.29. The first-order valence-corrected chi connectivity index (χ1v) is 6.93. The van der Waals surface area contributed by atoms with Crippen molar-refractivity contribution in [2.24, 2.45) is 5.41 Å². The molecule has 0 radical (unpaired) electrons. The largest absolute Gasteiger partial charge is 0.493 e. The summed E-state index contributed by atoms with van der Waals surface area (Å²) in [4.78, 5) is 11.6. The van der Waals surface area contributed by atoms with Crippen LogP contribution in [-0.2, 0) is 4.79 Å². The number of carbonyl (C=O) groups excluding carboxylic acids is 1. The number of ether oxygens (including phenoxy) is 2. The van der Waals surface area contributed by atoms with Gasteiger partial charge in [-0.05, 0) is 29.5 Å². The number of hydrogen-bond donors (Lipinski definition) is 0. The van der Waals surface area contributed by atoms with E-state index in [9.17, 15) is 4.79 Å². The van der Waals surface area contributed by atoms with Gasteiger partial charge in [-0.15, -0.1) is 0 Å². The molecule has 0 saturated carbocycles. The molecule has 0 aromatic heterocycles. The highest BCUT2D eigenvalue weighted by Gasteiger charge is 2.10. The maximum atomic E-state index is 11.6. The summed E-state index contributed by atoms with van der Waals surface area (Å²) >= 11 is 0. The van der Waals surface area contributed by atoms with Crippen LogP contribution in [0.3, 0.4) is 0 Å². The fraction of sp³-hybridized carbons (Fsp3) is 0.471. The van der Waals surface area contributed by atoms with E-state index in [1.807, 2.05) is 31.2 Å². The Hall–Kier alpha value is -1.77. The van der Waals surface area contributed by atoms with Crippen LogP contribution in [0.5, 0.6) is 11.5 Å². The van der Waals surface area contributed by atoms with Gasteiger partial charge < -0.3 is 9.47 Å². The number of esters is 1. The number of benzene rings is 1. The lowest BCUT2D eigenvalue weighted by molar-refractivity contribution is -0.134. The molecule has 0 amide bonds. The van der Waals surface area contributed by atoms with Crippen LogP contribution < -0.4 is 9.47 Å². The summed E-state index contributed by atoms with van der Waals surface area (Å²) in [6.45, 7) is 8.35. The maximum Gasteiger partial charge on any atom is 0.311 e. The second kappa shape index (κ2) is 7.13. The normalized spacial score (nSPS) is 11.7. The molecular formula is C17H24O3. The smallest absolute Gasteiger partial charge is 0.311 e. The Morgan fingerprint density at radius 2 is 1.95 bits per heavy atom. The van der Waals surface area contributed by atoms with Crippen molar-refractivity contribution in [3.05, 3.63) is 29.8 Å². The molecule has 0 atom stereocenters. The lowest BCUT2D eigenvalue weighted by atomic mass is 9.95. The van der Waals surface area contributed by atoms with Crippen molar-refractivity contribution in [3.8, 4) is 11.5 Å². The first-order valence-electron chi connectivity index (χ1n) is 6.93. The SMILES string of the molecule is CCCC(=O)Oc1cc(/C=C/C(C)(C)C)ccc1OC. The van der Waals surface area contributed by atoms with Crippen molar-refractivity contribution >= 4 is 12.0 Å². The quantitative estimate of drug-likeness (QED) is 0.588. The van der Waals surface area contributed by atoms with E-state index in [0.717, 1.165) is 12.0 Å². The van der Waals surface area contributed by atoms with Gasteiger partial charge in [-0.2, -0.15) is 0 Å². The molecule has 0 spiro atoms. The van der Waals surface area contributed by atoms with Gasteiger partial charge in [0.05, 0.1) is 7.11 Å². The van der Waals surface area contributed by atoms with Crippen LogP contribution in [0.15, 0.2) is 24.3 Å². The van der Waals surface area contributed by atoms with Crippen LogP contribution in [0, 0.1) is 5.41 Å². The van der Waals surface area contributed by atoms with Crippen LogP contribution >= 0.6 is 0 Å². The predicted octanol–water partition coefficient (Wildman–Crippen LogP) is 4.46. The Morgan fingerprint density at radius 1 is 1.25 bits per heavy atom. The van der Waals surface area contributed by atoms with Crippen molar-refractivity contribution in [3.63, 3.8) is 0 Å². The molecule has 0 saturated heterocycles. The third kappa shape index (κ3) is 5.47. The van der Waals surface area contributed by atoms with E-state index in [1.165, 1.54) is 0 Å². The van der Waals surface area contributed by atoms with Crippen molar-refractivity contribution in [2.75, 3.05) is 7.11 Å². The second-order valence-corrected chi connectivity index (χ2v) is 5.83. The summed E-state index contributed by atoms with van der Waals surface area (Å²) in [6, 6.07) is 5.59. The van der Waals surface area contributed by atoms with E-state index in [4.69, 9.17) is 9.47 Å². The molecule has 1 aromatic carbocycles. The molecule has 1 aromatic rings. The van der Waals surface area contributed by atoms with Gasteiger partial charge >= 0.3 is 5.97 Å². The molecule has 0 N–H and O–H groups in total. The third-order valence-electron chi connectivity index (χ3n) is 2.64. The molecule has 3 heteroatoms. The zero-order chi connectivity index (χ0) is 15.2. The van der Waals surface area contributed by atoms with Crippen LogP contribution in [0.2, 0.25) is 0 Å². The van der Waals surface area contributed by atoms with Gasteiger partial charge in [0.1, 0.15) is 0 Å². The molecule has 1 rings (SSSR count). The van der Waals surface area contributed by atoms with Crippen LogP contribution in [-0.4, -0.2) is 13.1 Å². The molecule has 3 nitrogen and oxygen atoms in total. The Kier molecular flexibility index (Phi) is 5.81. The lowest BCUT2D eigenvalue weighted by Crippen LogP contribution is -2.08. The third-order valence-corrected chi connectivity index (χ3v) is 2.64. The Labute approximate surface area is 121 Å². The molecule has 0 fully saturated rings. The summed E-state index contributed by atoms with van der Waals surface area (Å²) in [6.07, 6.45) is 5.32. The molecule has 0 heterocycles. The van der Waals surface area contributed by atoms with Crippen LogP contribution in [0.1, 0.15) is 46.1 Å². The van der Waals surface area contributed by atoms with Crippen molar-refractivity contribution in [1.82, 2.24) is 0 Å². The zero-order valence-corrected chi connectivity index (χ0v) is 13.0. The number of methoxy groups -OCH3 is 1. The minimum Gasteiger partial charge on any atom is -0.493 e. The van der Waals surface area contributed by atoms with Crippen molar-refractivity contribution in [1.29, 1.82) is 0 Å². The fourth-order valence-corrected chi connectivity index (χ4v) is 1.60. The van der Waals surface area contributed by atoms with Gasteiger partial charge in [0, 0.05) is 6.42 Å². The first-order chi connectivity index (χ1) is 9.35. The Balaban J connectivity index is 2.96. The number of carbonyl (C=O) groups is 1. The monoisotopic (exact) mass is 276 g/mol. The Morgan fingerprint density at radius 3 is 2.50 bits per heavy atom. The average Bonchev–Trinajstić information content (AvgIpc) is 2.36. The standard InChI is InChI=1S/C17H24O3/c1-6-7-16(18)20-15-12-13(8-9-14(15)19-5)10-11-17(2,3)4/h8-12H,6-7H2,1-5H3/b11-10+. The fourth-order valence-electron chi connectivity index (χ4n) is 1.60. The molecule has 0 bridgehead atoms. The summed E-state index contributed by atoms with van der Waals surface area (Å²) < 4.78 is 10.6. The molecule has 0 aliphatic heterocycles. The molecule has 0 unspecified atom stereocenters. The zero-order valence-electron chi connectivity index (χ0n) is 13.0. The van der Waals surface area contributed by atoms with E-state index < -0.39 is 0 Å². The number of allylic oxidation sites excluding steroid dienone is 1. The van der Waals surface area contributed by atoms with Gasteiger partial charge in [-0.3, -0.25) is 4.79 Å². The van der Waals surface area contributed by atoms with Gasteiger partial charge in [0.15, 0.2) is 11.5 Å². The molecule has 0 aliphatic rings. The van der Waals surface area contributed by atoms with E-state index in [2.05, 4.69) is 26.8 Å². The highest BCUT2D eigenvalue weighted by molar-refractivity contribution is 5.73. The van der Waals surface area contributed by atoms with Crippen LogP contribution in [0.25, 0.3) is 6.08 Å². The first kappa shape index (κ1) is 16.3. The lowest BCUT2D eigenvalue weighted by Gasteiger charge is -2.12. The van der Waals surface area contributed by atoms with Crippen molar-refractivity contribution < 1.29 is 14.3 Å². The van der Waals surface area contributed by atoms with Gasteiger partial charge in [0.25, 0.3) is 0 Å². The maximum absolute atomic E-state index is 11.6. The minimum atomic E-state index is -0.234. The van der Waals surface area contributed by atoms with Crippen molar-refractivity contribution in [2.45, 2.75) is 40.5 Å². The van der Waals surface area contributed by atoms with Gasteiger partial charge in [0.2, 0.25) is 0 Å². The minimum absolute atomic E-state index is 0.110. The average molecular weight is 276 g/mol. The van der Waals surface area contributed by atoms with Gasteiger partial charge in [-0.25, -0.2) is 0 Å². The van der Waals surface area contributed by atoms with Crippen LogP contribution in [0.4, 0.5) is 0 Å². The predicted molar refractivity (Wildman–Crippen MR) is 82.0 cm³/mol. The van der Waals surface area contributed by atoms with E-state index in [-0.39, 0.29) is 11.4 Å². The summed E-state index contributed by atoms with van der Waals surface area (Å²) in [7, 11) is 1.57. The van der Waals surface area contributed by atoms with Gasteiger partial charge in [-0.1, -0.05) is 45.9 Å². The second-order valence-electron chi connectivity index (χ2n) is 5.83.